The predicted molar refractivity (Wildman–Crippen MR) is 65.7 cm³/mol. The van der Waals surface area contributed by atoms with Crippen molar-refractivity contribution >= 4 is 11.8 Å². The molecule has 1 aliphatic heterocycles. The van der Waals surface area contributed by atoms with Gasteiger partial charge >= 0.3 is 0 Å². The zero-order valence-electron chi connectivity index (χ0n) is 10.1. The summed E-state index contributed by atoms with van der Waals surface area (Å²) in [6.07, 6.45) is -0.447. The van der Waals surface area contributed by atoms with Gasteiger partial charge in [-0.15, -0.1) is 0 Å². The first kappa shape index (κ1) is 12.6. The molecule has 5 nitrogen and oxygen atoms in total. The molecule has 1 aromatic rings. The van der Waals surface area contributed by atoms with Gasteiger partial charge in [0, 0.05) is 6.42 Å². The summed E-state index contributed by atoms with van der Waals surface area (Å²) in [6.45, 7) is 1.47. The van der Waals surface area contributed by atoms with E-state index < -0.39 is 18.2 Å². The van der Waals surface area contributed by atoms with Gasteiger partial charge in [0.15, 0.2) is 0 Å². The Balaban J connectivity index is 2.04. The van der Waals surface area contributed by atoms with Gasteiger partial charge in [0.2, 0.25) is 11.8 Å². The molecular formula is C13H16N2O3. The lowest BCUT2D eigenvalue weighted by atomic mass is 10.0. The van der Waals surface area contributed by atoms with E-state index in [0.29, 0.717) is 6.42 Å². The molecule has 5 heteroatoms. The molecule has 1 saturated heterocycles. The van der Waals surface area contributed by atoms with Crippen LogP contribution in [0.15, 0.2) is 30.3 Å². The Morgan fingerprint density at radius 3 is 2.44 bits per heavy atom. The Hall–Kier alpha value is -1.88. The van der Waals surface area contributed by atoms with Gasteiger partial charge in [-0.3, -0.25) is 9.59 Å². The first-order valence-electron chi connectivity index (χ1n) is 5.90. The van der Waals surface area contributed by atoms with Crippen molar-refractivity contribution in [3.63, 3.8) is 0 Å². The largest absolute Gasteiger partial charge is 0.391 e. The summed E-state index contributed by atoms with van der Waals surface area (Å²) in [4.78, 5) is 23.5. The highest BCUT2D eigenvalue weighted by molar-refractivity contribution is 5.97. The molecule has 3 atom stereocenters. The molecule has 0 radical (unpaired) electrons. The molecular weight excluding hydrogens is 232 g/mol. The van der Waals surface area contributed by atoms with E-state index in [1.54, 1.807) is 0 Å². The van der Waals surface area contributed by atoms with Gasteiger partial charge in [0.1, 0.15) is 12.1 Å². The normalized spacial score (nSPS) is 25.2. The van der Waals surface area contributed by atoms with Crippen LogP contribution in [0.4, 0.5) is 0 Å². The van der Waals surface area contributed by atoms with Crippen LogP contribution in [0, 0.1) is 0 Å². The van der Waals surface area contributed by atoms with Crippen LogP contribution >= 0.6 is 0 Å². The summed E-state index contributed by atoms with van der Waals surface area (Å²) >= 11 is 0. The second-order valence-corrected chi connectivity index (χ2v) is 4.48. The number of benzene rings is 1. The van der Waals surface area contributed by atoms with Crippen LogP contribution < -0.4 is 10.6 Å². The number of amides is 2. The standard InChI is InChI=1S/C13H16N2O3/c1-8(16)11-13(18)14-10(12(17)15-11)7-9-5-3-2-4-6-9/h2-6,8,10-11,16H,7H2,1H3,(H,14,18)(H,15,17)/t8-,10-,11-/m1/s1. The van der Waals surface area contributed by atoms with Crippen molar-refractivity contribution in [1.82, 2.24) is 10.6 Å². The third-order valence-corrected chi connectivity index (χ3v) is 2.98. The minimum absolute atomic E-state index is 0.260. The summed E-state index contributed by atoms with van der Waals surface area (Å²) in [6, 6.07) is 8.04. The van der Waals surface area contributed by atoms with E-state index >= 15 is 0 Å². The monoisotopic (exact) mass is 248 g/mol. The van der Waals surface area contributed by atoms with Gasteiger partial charge in [0.05, 0.1) is 6.10 Å². The van der Waals surface area contributed by atoms with Crippen molar-refractivity contribution < 1.29 is 14.7 Å². The minimum atomic E-state index is -0.897. The topological polar surface area (TPSA) is 78.4 Å². The zero-order chi connectivity index (χ0) is 13.1. The minimum Gasteiger partial charge on any atom is -0.391 e. The fourth-order valence-corrected chi connectivity index (χ4v) is 1.98. The number of hydrogen-bond donors (Lipinski definition) is 3. The van der Waals surface area contributed by atoms with E-state index in [-0.39, 0.29) is 11.8 Å². The van der Waals surface area contributed by atoms with E-state index in [1.807, 2.05) is 30.3 Å². The number of aliphatic hydroxyl groups is 1. The molecule has 1 aliphatic rings. The number of piperazine rings is 1. The molecule has 0 saturated carbocycles. The number of hydrogen-bond acceptors (Lipinski definition) is 3. The lowest BCUT2D eigenvalue weighted by molar-refractivity contribution is -0.139. The van der Waals surface area contributed by atoms with E-state index in [4.69, 9.17) is 0 Å². The van der Waals surface area contributed by atoms with Crippen molar-refractivity contribution in [1.29, 1.82) is 0 Å². The Labute approximate surface area is 105 Å². The van der Waals surface area contributed by atoms with Gasteiger partial charge in [-0.25, -0.2) is 0 Å². The lowest BCUT2D eigenvalue weighted by Crippen LogP contribution is -2.65. The summed E-state index contributed by atoms with van der Waals surface area (Å²) in [5.74, 6) is -0.602. The number of aliphatic hydroxyl groups excluding tert-OH is 1. The molecule has 1 heterocycles. The molecule has 1 aromatic carbocycles. The maximum absolute atomic E-state index is 11.8. The van der Waals surface area contributed by atoms with Crippen molar-refractivity contribution in [3.05, 3.63) is 35.9 Å². The molecule has 0 aromatic heterocycles. The first-order chi connectivity index (χ1) is 8.58. The third kappa shape index (κ3) is 2.68. The van der Waals surface area contributed by atoms with Gasteiger partial charge < -0.3 is 15.7 Å². The van der Waals surface area contributed by atoms with Crippen molar-refractivity contribution in [2.75, 3.05) is 0 Å². The number of carbonyl (C=O) groups excluding carboxylic acids is 2. The summed E-state index contributed by atoms with van der Waals surface area (Å²) in [5, 5.41) is 14.5. The average Bonchev–Trinajstić information content (AvgIpc) is 2.34. The van der Waals surface area contributed by atoms with Crippen LogP contribution in [-0.2, 0) is 16.0 Å². The fraction of sp³-hybridized carbons (Fsp3) is 0.385. The summed E-state index contributed by atoms with van der Waals surface area (Å²) in [7, 11) is 0. The maximum Gasteiger partial charge on any atom is 0.245 e. The van der Waals surface area contributed by atoms with Crippen LogP contribution in [0.25, 0.3) is 0 Å². The van der Waals surface area contributed by atoms with Gasteiger partial charge in [0.25, 0.3) is 0 Å². The second-order valence-electron chi connectivity index (χ2n) is 4.48. The molecule has 2 rings (SSSR count). The number of carbonyl (C=O) groups is 2. The molecule has 0 aliphatic carbocycles. The summed E-state index contributed by atoms with van der Waals surface area (Å²) < 4.78 is 0. The van der Waals surface area contributed by atoms with E-state index in [2.05, 4.69) is 10.6 Å². The quantitative estimate of drug-likeness (QED) is 0.680. The fourth-order valence-electron chi connectivity index (χ4n) is 1.98. The molecule has 0 bridgehead atoms. The van der Waals surface area contributed by atoms with Gasteiger partial charge in [-0.2, -0.15) is 0 Å². The van der Waals surface area contributed by atoms with Crippen LogP contribution in [0.3, 0.4) is 0 Å². The molecule has 0 spiro atoms. The van der Waals surface area contributed by atoms with E-state index in [1.165, 1.54) is 6.92 Å². The number of rotatable bonds is 3. The molecule has 3 N–H and O–H groups in total. The number of nitrogens with one attached hydrogen (secondary N) is 2. The highest BCUT2D eigenvalue weighted by Gasteiger charge is 2.35. The third-order valence-electron chi connectivity index (χ3n) is 2.98. The van der Waals surface area contributed by atoms with E-state index in [9.17, 15) is 14.7 Å². The highest BCUT2D eigenvalue weighted by Crippen LogP contribution is 2.08. The van der Waals surface area contributed by atoms with E-state index in [0.717, 1.165) is 5.56 Å². The smallest absolute Gasteiger partial charge is 0.245 e. The van der Waals surface area contributed by atoms with Crippen LogP contribution in [-0.4, -0.2) is 35.1 Å². The maximum atomic E-state index is 11.8. The Kier molecular flexibility index (Phi) is 3.62. The average molecular weight is 248 g/mol. The van der Waals surface area contributed by atoms with Gasteiger partial charge in [-0.1, -0.05) is 30.3 Å². The van der Waals surface area contributed by atoms with Gasteiger partial charge in [-0.05, 0) is 12.5 Å². The Bertz CT molecular complexity index is 445. The molecule has 18 heavy (non-hydrogen) atoms. The summed E-state index contributed by atoms with van der Waals surface area (Å²) in [5.41, 5.74) is 0.980. The molecule has 2 amide bonds. The Morgan fingerprint density at radius 2 is 1.83 bits per heavy atom. The lowest BCUT2D eigenvalue weighted by Gasteiger charge is -2.31. The van der Waals surface area contributed by atoms with Crippen LogP contribution in [0.5, 0.6) is 0 Å². The molecule has 96 valence electrons. The van der Waals surface area contributed by atoms with Crippen molar-refractivity contribution in [2.24, 2.45) is 0 Å². The second kappa shape index (κ2) is 5.18. The van der Waals surface area contributed by atoms with Crippen molar-refractivity contribution in [3.8, 4) is 0 Å². The van der Waals surface area contributed by atoms with Crippen LogP contribution in [0.2, 0.25) is 0 Å². The highest BCUT2D eigenvalue weighted by atomic mass is 16.3. The zero-order valence-corrected chi connectivity index (χ0v) is 10.1. The SMILES string of the molecule is C[C@@H](O)[C@H]1NC(=O)[C@@H](Cc2ccccc2)NC1=O. The van der Waals surface area contributed by atoms with Crippen LogP contribution in [0.1, 0.15) is 12.5 Å². The Morgan fingerprint density at radius 1 is 1.17 bits per heavy atom. The predicted octanol–water partition coefficient (Wildman–Crippen LogP) is -0.407. The van der Waals surface area contributed by atoms with Crippen molar-refractivity contribution in [2.45, 2.75) is 31.5 Å². The molecule has 1 fully saturated rings. The first-order valence-corrected chi connectivity index (χ1v) is 5.90. The molecule has 0 unspecified atom stereocenters.